The van der Waals surface area contributed by atoms with Gasteiger partial charge >= 0.3 is 5.97 Å². The Hall–Kier alpha value is -1.59. The molecule has 1 saturated heterocycles. The van der Waals surface area contributed by atoms with Crippen molar-refractivity contribution in [3.05, 3.63) is 29.3 Å². The number of hydrogen-bond donors (Lipinski definition) is 1. The molecule has 0 aromatic heterocycles. The zero-order chi connectivity index (χ0) is 21.4. The molecular formula is C26H38NO4+. The van der Waals surface area contributed by atoms with Crippen LogP contribution in [-0.2, 0) is 20.7 Å². The molecule has 0 radical (unpaired) electrons. The summed E-state index contributed by atoms with van der Waals surface area (Å²) in [7, 11) is 1.75. The number of methoxy groups -OCH3 is 1. The average Bonchev–Trinajstić information content (AvgIpc) is 3.13. The molecule has 170 valence electrons. The molecule has 0 unspecified atom stereocenters. The van der Waals surface area contributed by atoms with Gasteiger partial charge in [0, 0.05) is 5.41 Å². The number of rotatable bonds is 5. The predicted octanol–water partition coefficient (Wildman–Crippen LogP) is 2.77. The lowest BCUT2D eigenvalue weighted by atomic mass is 9.55. The fraction of sp³-hybridized carbons (Fsp3) is 0.731. The van der Waals surface area contributed by atoms with Crippen LogP contribution in [0.2, 0.25) is 0 Å². The Morgan fingerprint density at radius 1 is 1.19 bits per heavy atom. The molecule has 1 aromatic rings. The van der Waals surface area contributed by atoms with E-state index in [0.717, 1.165) is 63.8 Å². The first-order chi connectivity index (χ1) is 15.1. The zero-order valence-corrected chi connectivity index (χ0v) is 19.2. The third-order valence-electron chi connectivity index (χ3n) is 9.00. The van der Waals surface area contributed by atoms with Crippen molar-refractivity contribution in [3.63, 3.8) is 0 Å². The summed E-state index contributed by atoms with van der Waals surface area (Å²) in [6.45, 7) is 6.92. The van der Waals surface area contributed by atoms with Gasteiger partial charge in [-0.2, -0.15) is 0 Å². The van der Waals surface area contributed by atoms with Crippen molar-refractivity contribution in [2.24, 2.45) is 17.3 Å². The van der Waals surface area contributed by atoms with E-state index >= 15 is 0 Å². The molecule has 3 aliphatic carbocycles. The topological polar surface area (TPSA) is 49.2 Å². The van der Waals surface area contributed by atoms with Crippen LogP contribution in [0.5, 0.6) is 5.75 Å². The normalized spacial score (nSPS) is 35.0. The number of fused-ring (bicyclic) bond motifs is 5. The van der Waals surface area contributed by atoms with E-state index in [9.17, 15) is 4.79 Å². The van der Waals surface area contributed by atoms with E-state index in [0.29, 0.717) is 18.3 Å². The van der Waals surface area contributed by atoms with Gasteiger partial charge in [-0.25, -0.2) is 0 Å². The largest absolute Gasteiger partial charge is 0.497 e. The number of hydrogen-bond acceptors (Lipinski definition) is 4. The van der Waals surface area contributed by atoms with Crippen molar-refractivity contribution in [3.8, 4) is 5.75 Å². The van der Waals surface area contributed by atoms with Crippen LogP contribution >= 0.6 is 0 Å². The van der Waals surface area contributed by atoms with Crippen LogP contribution in [0.4, 0.5) is 0 Å². The van der Waals surface area contributed by atoms with Crippen molar-refractivity contribution >= 4 is 5.97 Å². The SMILES string of the molecule is COc1ccc2c(c1)CC[C@H]1[C@H]2CC[C@]2(C)[C@@H](OC(=O)CC[NH+]3CCOCC3)CC[C@@H]12. The summed E-state index contributed by atoms with van der Waals surface area (Å²) in [6.07, 6.45) is 7.65. The lowest BCUT2D eigenvalue weighted by Gasteiger charge is -2.50. The maximum absolute atomic E-state index is 12.7. The molecule has 5 rings (SSSR count). The molecule has 1 aromatic carbocycles. The number of ether oxygens (including phenoxy) is 3. The van der Waals surface area contributed by atoms with E-state index in [2.05, 4.69) is 25.1 Å². The quantitative estimate of drug-likeness (QED) is 0.733. The monoisotopic (exact) mass is 428 g/mol. The molecule has 4 aliphatic rings. The Morgan fingerprint density at radius 2 is 2.03 bits per heavy atom. The van der Waals surface area contributed by atoms with Gasteiger partial charge in [0.1, 0.15) is 24.9 Å². The van der Waals surface area contributed by atoms with Gasteiger partial charge in [-0.15, -0.1) is 0 Å². The highest BCUT2D eigenvalue weighted by Crippen LogP contribution is 2.61. The number of esters is 1. The van der Waals surface area contributed by atoms with E-state index in [4.69, 9.17) is 14.2 Å². The van der Waals surface area contributed by atoms with Crippen LogP contribution in [0.25, 0.3) is 0 Å². The van der Waals surface area contributed by atoms with Gasteiger partial charge in [0.25, 0.3) is 0 Å². The molecule has 0 amide bonds. The minimum atomic E-state index is 0.00840. The Bertz CT molecular complexity index is 805. The lowest BCUT2D eigenvalue weighted by Crippen LogP contribution is -3.14. The zero-order valence-electron chi connectivity index (χ0n) is 19.2. The fourth-order valence-electron chi connectivity index (χ4n) is 7.24. The summed E-state index contributed by atoms with van der Waals surface area (Å²) >= 11 is 0. The lowest BCUT2D eigenvalue weighted by molar-refractivity contribution is -0.907. The van der Waals surface area contributed by atoms with Gasteiger partial charge in [0.2, 0.25) is 0 Å². The average molecular weight is 429 g/mol. The van der Waals surface area contributed by atoms with Gasteiger partial charge in [-0.3, -0.25) is 4.79 Å². The van der Waals surface area contributed by atoms with Crippen LogP contribution < -0.4 is 9.64 Å². The minimum absolute atomic E-state index is 0.00840. The molecule has 1 N–H and O–H groups in total. The van der Waals surface area contributed by atoms with Crippen molar-refractivity contribution in [1.82, 2.24) is 0 Å². The highest BCUT2D eigenvalue weighted by molar-refractivity contribution is 5.69. The second-order valence-electron chi connectivity index (χ2n) is 10.4. The molecule has 5 atom stereocenters. The smallest absolute Gasteiger partial charge is 0.311 e. The Balaban J connectivity index is 1.23. The molecule has 1 aliphatic heterocycles. The molecule has 5 nitrogen and oxygen atoms in total. The van der Waals surface area contributed by atoms with Gasteiger partial charge in [-0.1, -0.05) is 13.0 Å². The first-order valence-electron chi connectivity index (χ1n) is 12.4. The summed E-state index contributed by atoms with van der Waals surface area (Å²) < 4.78 is 17.0. The van der Waals surface area contributed by atoms with Crippen molar-refractivity contribution < 1.29 is 23.9 Å². The summed E-state index contributed by atoms with van der Waals surface area (Å²) in [5, 5.41) is 0. The highest BCUT2D eigenvalue weighted by Gasteiger charge is 2.56. The Labute approximate surface area is 186 Å². The van der Waals surface area contributed by atoms with E-state index < -0.39 is 0 Å². The molecule has 0 bridgehead atoms. The van der Waals surface area contributed by atoms with Crippen LogP contribution in [0.3, 0.4) is 0 Å². The highest BCUT2D eigenvalue weighted by atomic mass is 16.5. The molecule has 5 heteroatoms. The van der Waals surface area contributed by atoms with Crippen LogP contribution in [-0.4, -0.2) is 52.0 Å². The van der Waals surface area contributed by atoms with Crippen LogP contribution in [0.15, 0.2) is 18.2 Å². The minimum Gasteiger partial charge on any atom is -0.497 e. The summed E-state index contributed by atoms with van der Waals surface area (Å²) in [4.78, 5) is 14.2. The third-order valence-corrected chi connectivity index (χ3v) is 9.00. The number of aryl methyl sites for hydroxylation is 1. The molecular weight excluding hydrogens is 390 g/mol. The van der Waals surface area contributed by atoms with Crippen molar-refractivity contribution in [2.75, 3.05) is 40.0 Å². The summed E-state index contributed by atoms with van der Waals surface area (Å²) in [5.41, 5.74) is 3.18. The van der Waals surface area contributed by atoms with Crippen LogP contribution in [0, 0.1) is 17.3 Å². The van der Waals surface area contributed by atoms with Crippen LogP contribution in [0.1, 0.15) is 62.5 Å². The fourth-order valence-corrected chi connectivity index (χ4v) is 7.24. The number of carbonyl (C=O) groups excluding carboxylic acids is 1. The second-order valence-corrected chi connectivity index (χ2v) is 10.4. The first kappa shape index (κ1) is 21.3. The number of quaternary nitrogens is 1. The number of benzene rings is 1. The maximum atomic E-state index is 12.7. The van der Waals surface area contributed by atoms with E-state index in [1.807, 2.05) is 0 Å². The van der Waals surface area contributed by atoms with E-state index in [1.165, 1.54) is 29.7 Å². The standard InChI is InChI=1S/C26H37NO4/c1-26-11-9-21-20-6-4-19(29-2)17-18(20)3-5-22(21)23(26)7-8-24(26)31-25(28)10-12-27-13-15-30-16-14-27/h4,6,17,21-24H,3,5,7-16H2,1-2H3/p+1/t21-,22-,23-,24-,26-/m0/s1. The predicted molar refractivity (Wildman–Crippen MR) is 118 cm³/mol. The van der Waals surface area contributed by atoms with Gasteiger partial charge in [0.15, 0.2) is 0 Å². The van der Waals surface area contributed by atoms with Gasteiger partial charge < -0.3 is 19.1 Å². The first-order valence-corrected chi connectivity index (χ1v) is 12.4. The molecule has 31 heavy (non-hydrogen) atoms. The second kappa shape index (κ2) is 8.74. The third kappa shape index (κ3) is 4.00. The molecule has 1 heterocycles. The number of carbonyl (C=O) groups is 1. The maximum Gasteiger partial charge on any atom is 0.311 e. The van der Waals surface area contributed by atoms with Gasteiger partial charge in [0.05, 0.1) is 33.3 Å². The van der Waals surface area contributed by atoms with E-state index in [-0.39, 0.29) is 17.5 Å². The Kier molecular flexibility index (Phi) is 6.00. The van der Waals surface area contributed by atoms with Crippen molar-refractivity contribution in [1.29, 1.82) is 0 Å². The summed E-state index contributed by atoms with van der Waals surface area (Å²) in [6, 6.07) is 6.69. The van der Waals surface area contributed by atoms with Crippen molar-refractivity contribution in [2.45, 2.75) is 63.9 Å². The number of morpholine rings is 1. The van der Waals surface area contributed by atoms with Gasteiger partial charge in [-0.05, 0) is 79.5 Å². The molecule has 2 saturated carbocycles. The number of nitrogens with one attached hydrogen (secondary N) is 1. The van der Waals surface area contributed by atoms with E-state index in [1.54, 1.807) is 12.7 Å². The Morgan fingerprint density at radius 3 is 2.84 bits per heavy atom. The summed E-state index contributed by atoms with van der Waals surface area (Å²) in [5.74, 6) is 3.04. The molecule has 3 fully saturated rings. The molecule has 0 spiro atoms.